The first-order valence-corrected chi connectivity index (χ1v) is 24.3. The van der Waals surface area contributed by atoms with Crippen molar-refractivity contribution in [3.8, 4) is 39.3 Å². The number of allylic oxidation sites excluding steroid dienone is 1. The summed E-state index contributed by atoms with van der Waals surface area (Å²) < 4.78 is 7.45. The van der Waals surface area contributed by atoms with Crippen molar-refractivity contribution in [1.82, 2.24) is 13.7 Å². The molecule has 0 bridgehead atoms. The van der Waals surface area contributed by atoms with Crippen molar-refractivity contribution in [1.29, 1.82) is 0 Å². The summed E-state index contributed by atoms with van der Waals surface area (Å²) in [4.78, 5) is 2.36. The first-order valence-electron chi connectivity index (χ1n) is 24.3. The molecule has 3 heterocycles. The molecule has 4 nitrogen and oxygen atoms in total. The fourth-order valence-corrected chi connectivity index (χ4v) is 11.1. The summed E-state index contributed by atoms with van der Waals surface area (Å²) in [6, 6.07) is 87.6. The van der Waals surface area contributed by atoms with Crippen LogP contribution in [0.5, 0.6) is 0 Å². The summed E-state index contributed by atoms with van der Waals surface area (Å²) in [5.74, 6) is 0. The van der Waals surface area contributed by atoms with Gasteiger partial charge in [-0.25, -0.2) is 0 Å². The number of benzene rings is 10. The van der Waals surface area contributed by atoms with Gasteiger partial charge in [-0.05, 0) is 120 Å². The van der Waals surface area contributed by atoms with Gasteiger partial charge in [0.25, 0.3) is 0 Å². The Labute approximate surface area is 413 Å². The van der Waals surface area contributed by atoms with E-state index in [-0.39, 0.29) is 0 Å². The average Bonchev–Trinajstić information content (AvgIpc) is 4.09. The van der Waals surface area contributed by atoms with Gasteiger partial charge < -0.3 is 18.6 Å². The van der Waals surface area contributed by atoms with E-state index >= 15 is 0 Å². The Kier molecular flexibility index (Phi) is 10.2. The zero-order valence-corrected chi connectivity index (χ0v) is 39.3. The third kappa shape index (κ3) is 6.75. The molecule has 0 N–H and O–H groups in total. The SMILES string of the molecule is C=Cc1c(/C=C\C)n(-c2ccccc2)c2c1c1c3ccccc3n(-c3ccc(N(c4ccc(-c5ccccc5)cc4)c4ccc(-c5ccccc5)cc4)cc3)c1c1c3ccccc3n(-c3ccccc3)c12. The minimum absolute atomic E-state index is 1.06. The van der Waals surface area contributed by atoms with Gasteiger partial charge in [-0.1, -0.05) is 176 Å². The molecule has 3 aromatic heterocycles. The van der Waals surface area contributed by atoms with Gasteiger partial charge in [-0.3, -0.25) is 0 Å². The van der Waals surface area contributed by atoms with Crippen molar-refractivity contribution in [3.05, 3.63) is 267 Å². The van der Waals surface area contributed by atoms with Crippen LogP contribution in [0.15, 0.2) is 255 Å². The highest BCUT2D eigenvalue weighted by atomic mass is 15.1. The van der Waals surface area contributed by atoms with Gasteiger partial charge >= 0.3 is 0 Å². The number of hydrogen-bond acceptors (Lipinski definition) is 1. The van der Waals surface area contributed by atoms with Crippen LogP contribution in [0.25, 0.3) is 106 Å². The molecule has 0 radical (unpaired) electrons. The molecule has 13 rings (SSSR count). The number of rotatable bonds is 10. The van der Waals surface area contributed by atoms with E-state index in [1.165, 1.54) is 49.2 Å². The van der Waals surface area contributed by atoms with Crippen molar-refractivity contribution in [2.24, 2.45) is 0 Å². The van der Waals surface area contributed by atoms with Gasteiger partial charge in [0.05, 0.1) is 33.3 Å². The first kappa shape index (κ1) is 41.8. The van der Waals surface area contributed by atoms with Crippen molar-refractivity contribution in [2.45, 2.75) is 6.92 Å². The van der Waals surface area contributed by atoms with Crippen molar-refractivity contribution in [3.63, 3.8) is 0 Å². The molecule has 0 spiro atoms. The summed E-state index contributed by atoms with van der Waals surface area (Å²) >= 11 is 0. The second kappa shape index (κ2) is 17.3. The quantitative estimate of drug-likeness (QED) is 0.134. The van der Waals surface area contributed by atoms with Crippen molar-refractivity contribution in [2.75, 3.05) is 4.90 Å². The molecule has 0 fully saturated rings. The average molecular weight is 909 g/mol. The van der Waals surface area contributed by atoms with Gasteiger partial charge in [0, 0.05) is 66.6 Å². The normalized spacial score (nSPS) is 11.7. The predicted molar refractivity (Wildman–Crippen MR) is 302 cm³/mol. The van der Waals surface area contributed by atoms with E-state index in [0.29, 0.717) is 0 Å². The number of anilines is 3. The van der Waals surface area contributed by atoms with Crippen LogP contribution in [-0.2, 0) is 0 Å². The second-order valence-electron chi connectivity index (χ2n) is 18.1. The minimum Gasteiger partial charge on any atom is -0.311 e. The van der Waals surface area contributed by atoms with E-state index in [1.807, 2.05) is 0 Å². The summed E-state index contributed by atoms with van der Waals surface area (Å²) in [5.41, 5.74) is 19.2. The standard InChI is InChI=1S/C67H48N4/c1-3-21-59-56(4-2)62-63-57-30-17-19-32-60(57)69(65(63)64-58-31-18-20-33-61(58)71(51-28-15-8-16-29-51)67(64)66(62)70(59)50-26-13-7-14-27-50)55-44-42-54(43-45-55)68(52-38-34-48(35-39-52)46-22-9-5-10-23-46)53-40-36-49(37-41-53)47-24-11-6-12-25-47/h3-45H,2H2,1H3/b21-3-. The molecule has 71 heavy (non-hydrogen) atoms. The molecule has 0 aliphatic heterocycles. The molecule has 0 saturated heterocycles. The van der Waals surface area contributed by atoms with Crippen LogP contribution in [0.3, 0.4) is 0 Å². The van der Waals surface area contributed by atoms with E-state index in [1.54, 1.807) is 0 Å². The lowest BCUT2D eigenvalue weighted by Crippen LogP contribution is -2.10. The second-order valence-corrected chi connectivity index (χ2v) is 18.1. The van der Waals surface area contributed by atoms with Crippen molar-refractivity contribution >= 4 is 83.7 Å². The van der Waals surface area contributed by atoms with Crippen LogP contribution in [0.4, 0.5) is 17.1 Å². The summed E-state index contributed by atoms with van der Waals surface area (Å²) in [6.07, 6.45) is 6.45. The van der Waals surface area contributed by atoms with Crippen LogP contribution in [0.1, 0.15) is 18.2 Å². The van der Waals surface area contributed by atoms with E-state index in [2.05, 4.69) is 293 Å². The molecule has 0 saturated carbocycles. The van der Waals surface area contributed by atoms with Crippen LogP contribution in [0.2, 0.25) is 0 Å². The van der Waals surface area contributed by atoms with E-state index < -0.39 is 0 Å². The third-order valence-electron chi connectivity index (χ3n) is 14.1. The number of aromatic nitrogens is 3. The lowest BCUT2D eigenvalue weighted by atomic mass is 10.00. The van der Waals surface area contributed by atoms with Crippen LogP contribution in [0, 0.1) is 0 Å². The highest BCUT2D eigenvalue weighted by Crippen LogP contribution is 2.50. The fraction of sp³-hybridized carbons (Fsp3) is 0.0149. The first-order chi connectivity index (χ1) is 35.2. The van der Waals surface area contributed by atoms with E-state index in [9.17, 15) is 0 Å². The number of fused-ring (bicyclic) bond motifs is 10. The van der Waals surface area contributed by atoms with Crippen LogP contribution < -0.4 is 4.90 Å². The Morgan fingerprint density at radius 3 is 1.23 bits per heavy atom. The molecule has 0 atom stereocenters. The summed E-state index contributed by atoms with van der Waals surface area (Å²) in [7, 11) is 0. The van der Waals surface area contributed by atoms with Crippen LogP contribution in [-0.4, -0.2) is 13.7 Å². The molecule has 0 aliphatic rings. The van der Waals surface area contributed by atoms with Gasteiger partial charge in [-0.15, -0.1) is 0 Å². The number of hydrogen-bond donors (Lipinski definition) is 0. The molecular weight excluding hydrogens is 861 g/mol. The molecule has 4 heteroatoms. The smallest absolute Gasteiger partial charge is 0.0810 e. The molecule has 0 unspecified atom stereocenters. The Morgan fingerprint density at radius 2 is 0.732 bits per heavy atom. The van der Waals surface area contributed by atoms with E-state index in [4.69, 9.17) is 0 Å². The van der Waals surface area contributed by atoms with E-state index in [0.717, 1.165) is 73.0 Å². The summed E-state index contributed by atoms with van der Waals surface area (Å²) in [5, 5.41) is 5.96. The Hall–Kier alpha value is -9.38. The van der Waals surface area contributed by atoms with Gasteiger partial charge in [0.2, 0.25) is 0 Å². The number of nitrogens with zero attached hydrogens (tertiary/aromatic N) is 4. The number of para-hydroxylation sites is 4. The fourth-order valence-electron chi connectivity index (χ4n) is 11.1. The molecule has 0 aliphatic carbocycles. The zero-order chi connectivity index (χ0) is 47.4. The molecular formula is C67H48N4. The largest absolute Gasteiger partial charge is 0.311 e. The lowest BCUT2D eigenvalue weighted by Gasteiger charge is -2.26. The maximum Gasteiger partial charge on any atom is 0.0810 e. The monoisotopic (exact) mass is 908 g/mol. The minimum atomic E-state index is 1.06. The highest BCUT2D eigenvalue weighted by molar-refractivity contribution is 6.38. The molecule has 13 aromatic rings. The molecule has 336 valence electrons. The zero-order valence-electron chi connectivity index (χ0n) is 39.3. The maximum atomic E-state index is 4.54. The lowest BCUT2D eigenvalue weighted by molar-refractivity contribution is 1.10. The van der Waals surface area contributed by atoms with Crippen LogP contribution >= 0.6 is 0 Å². The Morgan fingerprint density at radius 1 is 0.352 bits per heavy atom. The third-order valence-corrected chi connectivity index (χ3v) is 14.1. The Bertz CT molecular complexity index is 4040. The van der Waals surface area contributed by atoms with Gasteiger partial charge in [0.15, 0.2) is 0 Å². The molecule has 10 aromatic carbocycles. The molecule has 0 amide bonds. The van der Waals surface area contributed by atoms with Gasteiger partial charge in [0.1, 0.15) is 0 Å². The predicted octanol–water partition coefficient (Wildman–Crippen LogP) is 18.3. The topological polar surface area (TPSA) is 18.0 Å². The Balaban J connectivity index is 1.10. The highest BCUT2D eigenvalue weighted by Gasteiger charge is 2.30. The maximum absolute atomic E-state index is 4.54. The van der Waals surface area contributed by atoms with Crippen molar-refractivity contribution < 1.29 is 0 Å². The summed E-state index contributed by atoms with van der Waals surface area (Å²) in [6.45, 7) is 6.64. The van der Waals surface area contributed by atoms with Gasteiger partial charge in [-0.2, -0.15) is 0 Å².